The van der Waals surface area contributed by atoms with Crippen molar-refractivity contribution in [3.63, 3.8) is 0 Å². The Hall–Kier alpha value is -1.65. The summed E-state index contributed by atoms with van der Waals surface area (Å²) in [5.41, 5.74) is 2.35. The maximum absolute atomic E-state index is 5.27. The Morgan fingerprint density at radius 2 is 2.17 bits per heavy atom. The van der Waals surface area contributed by atoms with E-state index in [0.717, 1.165) is 30.3 Å². The second-order valence-electron chi connectivity index (χ2n) is 4.81. The van der Waals surface area contributed by atoms with Gasteiger partial charge in [0, 0.05) is 11.6 Å². The van der Waals surface area contributed by atoms with Crippen LogP contribution in [0.5, 0.6) is 0 Å². The highest BCUT2D eigenvalue weighted by Crippen LogP contribution is 2.38. The van der Waals surface area contributed by atoms with Crippen molar-refractivity contribution < 1.29 is 4.52 Å². The van der Waals surface area contributed by atoms with Crippen molar-refractivity contribution in [2.75, 3.05) is 0 Å². The van der Waals surface area contributed by atoms with E-state index in [0.29, 0.717) is 12.5 Å². The lowest BCUT2D eigenvalue weighted by atomic mass is 10.2. The number of aryl methyl sites for hydroxylation is 2. The molecule has 0 N–H and O–H groups in total. The van der Waals surface area contributed by atoms with Gasteiger partial charge in [-0.2, -0.15) is 10.1 Å². The second-order valence-corrected chi connectivity index (χ2v) is 4.81. The molecule has 18 heavy (non-hydrogen) atoms. The minimum absolute atomic E-state index is 0.515. The molecule has 1 fully saturated rings. The highest BCUT2D eigenvalue weighted by atomic mass is 16.5. The number of aromatic nitrogens is 4. The lowest BCUT2D eigenvalue weighted by Gasteiger charge is -2.01. The van der Waals surface area contributed by atoms with Crippen molar-refractivity contribution in [1.82, 2.24) is 19.9 Å². The lowest BCUT2D eigenvalue weighted by molar-refractivity contribution is 0.372. The molecule has 0 saturated heterocycles. The van der Waals surface area contributed by atoms with Crippen LogP contribution in [0.3, 0.4) is 0 Å². The van der Waals surface area contributed by atoms with Gasteiger partial charge in [-0.05, 0) is 31.7 Å². The van der Waals surface area contributed by atoms with Crippen molar-refractivity contribution in [3.05, 3.63) is 29.2 Å². The molecule has 5 nitrogen and oxygen atoms in total. The molecule has 2 aromatic rings. The predicted molar refractivity (Wildman–Crippen MR) is 66.4 cm³/mol. The molecule has 96 valence electrons. The van der Waals surface area contributed by atoms with Crippen LogP contribution in [0.1, 0.15) is 55.7 Å². The monoisotopic (exact) mass is 246 g/mol. The molecule has 1 aliphatic rings. The quantitative estimate of drug-likeness (QED) is 0.812. The van der Waals surface area contributed by atoms with Crippen LogP contribution in [-0.2, 0) is 19.4 Å². The molecule has 0 spiro atoms. The number of hydrogen-bond acceptors (Lipinski definition) is 4. The molecule has 0 aromatic carbocycles. The molecule has 0 amide bonds. The summed E-state index contributed by atoms with van der Waals surface area (Å²) in [6.45, 7) is 4.86. The topological polar surface area (TPSA) is 56.7 Å². The summed E-state index contributed by atoms with van der Waals surface area (Å²) in [5, 5.41) is 8.60. The van der Waals surface area contributed by atoms with Gasteiger partial charge in [0.2, 0.25) is 5.89 Å². The summed E-state index contributed by atoms with van der Waals surface area (Å²) in [6, 6.07) is 2.15. The van der Waals surface area contributed by atoms with E-state index in [2.05, 4.69) is 35.2 Å². The summed E-state index contributed by atoms with van der Waals surface area (Å²) in [5.74, 6) is 2.05. The van der Waals surface area contributed by atoms with Crippen molar-refractivity contribution in [2.24, 2.45) is 0 Å². The average Bonchev–Trinajstić information content (AvgIpc) is 3.00. The lowest BCUT2D eigenvalue weighted by Crippen LogP contribution is -2.07. The molecule has 0 atom stereocenters. The Balaban J connectivity index is 1.79. The molecular weight excluding hydrogens is 228 g/mol. The Morgan fingerprint density at radius 1 is 1.33 bits per heavy atom. The Kier molecular flexibility index (Phi) is 2.89. The van der Waals surface area contributed by atoms with E-state index in [-0.39, 0.29) is 0 Å². The number of hydrogen-bond donors (Lipinski definition) is 0. The fourth-order valence-electron chi connectivity index (χ4n) is 2.07. The van der Waals surface area contributed by atoms with Gasteiger partial charge in [0.05, 0.1) is 5.69 Å². The van der Waals surface area contributed by atoms with E-state index >= 15 is 0 Å². The first-order chi connectivity index (χ1) is 8.80. The van der Waals surface area contributed by atoms with Crippen molar-refractivity contribution >= 4 is 0 Å². The highest BCUT2D eigenvalue weighted by molar-refractivity contribution is 5.11. The van der Waals surface area contributed by atoms with Crippen LogP contribution in [-0.4, -0.2) is 19.9 Å². The van der Waals surface area contributed by atoms with Crippen LogP contribution in [0.15, 0.2) is 10.6 Å². The van der Waals surface area contributed by atoms with E-state index in [9.17, 15) is 0 Å². The van der Waals surface area contributed by atoms with Crippen LogP contribution < -0.4 is 0 Å². The molecule has 0 unspecified atom stereocenters. The Labute approximate surface area is 106 Å². The molecule has 1 saturated carbocycles. The third-order valence-electron chi connectivity index (χ3n) is 3.34. The fraction of sp³-hybridized carbons (Fsp3) is 0.615. The van der Waals surface area contributed by atoms with Gasteiger partial charge in [-0.3, -0.25) is 4.68 Å². The van der Waals surface area contributed by atoms with E-state index in [1.807, 2.05) is 4.68 Å². The van der Waals surface area contributed by atoms with Crippen LogP contribution in [0.4, 0.5) is 0 Å². The van der Waals surface area contributed by atoms with Gasteiger partial charge in [0.25, 0.3) is 0 Å². The molecule has 0 radical (unpaired) electrons. The zero-order valence-corrected chi connectivity index (χ0v) is 10.9. The van der Waals surface area contributed by atoms with Crippen molar-refractivity contribution in [2.45, 2.75) is 52.0 Å². The third-order valence-corrected chi connectivity index (χ3v) is 3.34. The second kappa shape index (κ2) is 4.55. The van der Waals surface area contributed by atoms with E-state index < -0.39 is 0 Å². The summed E-state index contributed by atoms with van der Waals surface area (Å²) < 4.78 is 7.25. The number of rotatable bonds is 5. The zero-order chi connectivity index (χ0) is 12.5. The van der Waals surface area contributed by atoms with Crippen molar-refractivity contribution in [1.29, 1.82) is 0 Å². The van der Waals surface area contributed by atoms with Gasteiger partial charge in [-0.1, -0.05) is 19.0 Å². The summed E-state index contributed by atoms with van der Waals surface area (Å²) in [4.78, 5) is 4.44. The first-order valence-corrected chi connectivity index (χ1v) is 6.68. The summed E-state index contributed by atoms with van der Waals surface area (Å²) in [6.07, 6.45) is 4.30. The van der Waals surface area contributed by atoms with Gasteiger partial charge in [-0.15, -0.1) is 0 Å². The molecule has 5 heteroatoms. The minimum Gasteiger partial charge on any atom is -0.339 e. The van der Waals surface area contributed by atoms with Crippen LogP contribution in [0.2, 0.25) is 0 Å². The van der Waals surface area contributed by atoms with Gasteiger partial charge >= 0.3 is 0 Å². The summed E-state index contributed by atoms with van der Waals surface area (Å²) >= 11 is 0. The van der Waals surface area contributed by atoms with Crippen LogP contribution in [0, 0.1) is 0 Å². The fourth-order valence-corrected chi connectivity index (χ4v) is 2.07. The minimum atomic E-state index is 0.515. The molecule has 0 bridgehead atoms. The Morgan fingerprint density at radius 3 is 2.83 bits per heavy atom. The SMILES string of the molecule is CCc1cc(CC)n(Cc2noc(C3CC3)n2)n1. The number of nitrogens with zero attached hydrogens (tertiary/aromatic N) is 4. The smallest absolute Gasteiger partial charge is 0.229 e. The predicted octanol–water partition coefficient (Wildman–Crippen LogP) is 2.32. The third kappa shape index (κ3) is 2.17. The van der Waals surface area contributed by atoms with Crippen molar-refractivity contribution in [3.8, 4) is 0 Å². The van der Waals surface area contributed by atoms with Gasteiger partial charge in [0.15, 0.2) is 5.82 Å². The normalized spacial score (nSPS) is 15.2. The van der Waals surface area contributed by atoms with Crippen LogP contribution in [0.25, 0.3) is 0 Å². The summed E-state index contributed by atoms with van der Waals surface area (Å²) in [7, 11) is 0. The zero-order valence-electron chi connectivity index (χ0n) is 10.9. The molecular formula is C13H18N4O. The largest absolute Gasteiger partial charge is 0.339 e. The van der Waals surface area contributed by atoms with Crippen LogP contribution >= 0.6 is 0 Å². The maximum atomic E-state index is 5.27. The maximum Gasteiger partial charge on any atom is 0.229 e. The van der Waals surface area contributed by atoms with Gasteiger partial charge < -0.3 is 4.52 Å². The highest BCUT2D eigenvalue weighted by Gasteiger charge is 2.29. The molecule has 1 aliphatic carbocycles. The molecule has 3 rings (SSSR count). The first-order valence-electron chi connectivity index (χ1n) is 6.68. The Bertz CT molecular complexity index is 539. The van der Waals surface area contributed by atoms with Gasteiger partial charge in [0.1, 0.15) is 6.54 Å². The van der Waals surface area contributed by atoms with E-state index in [1.54, 1.807) is 0 Å². The van der Waals surface area contributed by atoms with E-state index in [1.165, 1.54) is 18.5 Å². The van der Waals surface area contributed by atoms with E-state index in [4.69, 9.17) is 4.52 Å². The molecule has 0 aliphatic heterocycles. The standard InChI is InChI=1S/C13H18N4O/c1-3-10-7-11(4-2)17(15-10)8-12-14-13(18-16-12)9-5-6-9/h7,9H,3-6,8H2,1-2H3. The molecule has 2 aromatic heterocycles. The molecule has 2 heterocycles. The first kappa shape index (κ1) is 11.4. The average molecular weight is 246 g/mol. The van der Waals surface area contributed by atoms with Gasteiger partial charge in [-0.25, -0.2) is 0 Å².